The number of hydrogen-bond donors (Lipinski definition) is 1. The van der Waals surface area contributed by atoms with Crippen LogP contribution >= 0.6 is 0 Å². The molecule has 2 unspecified atom stereocenters. The van der Waals surface area contributed by atoms with E-state index in [4.69, 9.17) is 0 Å². The minimum atomic E-state index is -0.763. The first-order chi connectivity index (χ1) is 10.6. The molecule has 4 heteroatoms. The molecule has 1 N–H and O–H groups in total. The van der Waals surface area contributed by atoms with Crippen molar-refractivity contribution in [3.8, 4) is 0 Å². The molecule has 0 saturated heterocycles. The molecule has 1 aliphatic heterocycles. The SMILES string of the molecule is CC1(C2=CC(NC=O)C=Nc3ccccc32)C=CC=CC1=O. The maximum absolute atomic E-state index is 12.5. The first-order valence-corrected chi connectivity index (χ1v) is 7.11. The lowest BCUT2D eigenvalue weighted by Gasteiger charge is -2.29. The fraction of sp³-hybridized carbons (Fsp3) is 0.167. The molecule has 4 nitrogen and oxygen atoms in total. The predicted octanol–water partition coefficient (Wildman–Crippen LogP) is 2.60. The number of aliphatic imine (C=N–C) groups is 1. The molecule has 110 valence electrons. The van der Waals surface area contributed by atoms with Crippen LogP contribution in [0.1, 0.15) is 12.5 Å². The Balaban J connectivity index is 2.18. The van der Waals surface area contributed by atoms with Gasteiger partial charge < -0.3 is 5.32 Å². The Labute approximate surface area is 128 Å². The molecule has 0 saturated carbocycles. The zero-order valence-corrected chi connectivity index (χ0v) is 12.2. The van der Waals surface area contributed by atoms with Crippen LogP contribution in [0.5, 0.6) is 0 Å². The van der Waals surface area contributed by atoms with Gasteiger partial charge in [-0.05, 0) is 24.6 Å². The van der Waals surface area contributed by atoms with Gasteiger partial charge in [0.15, 0.2) is 5.78 Å². The molecule has 1 heterocycles. The van der Waals surface area contributed by atoms with Crippen molar-refractivity contribution in [2.45, 2.75) is 13.0 Å². The van der Waals surface area contributed by atoms with Gasteiger partial charge in [-0.25, -0.2) is 0 Å². The van der Waals surface area contributed by atoms with Crippen molar-refractivity contribution in [3.63, 3.8) is 0 Å². The number of allylic oxidation sites excluding steroid dienone is 5. The summed E-state index contributed by atoms with van der Waals surface area (Å²) >= 11 is 0. The van der Waals surface area contributed by atoms with Gasteiger partial charge in [0, 0.05) is 11.8 Å². The topological polar surface area (TPSA) is 58.5 Å². The van der Waals surface area contributed by atoms with Crippen LogP contribution in [0.4, 0.5) is 5.69 Å². The second-order valence-electron chi connectivity index (χ2n) is 5.47. The van der Waals surface area contributed by atoms with E-state index in [1.807, 2.05) is 49.4 Å². The van der Waals surface area contributed by atoms with E-state index in [1.54, 1.807) is 18.4 Å². The first-order valence-electron chi connectivity index (χ1n) is 7.11. The summed E-state index contributed by atoms with van der Waals surface area (Å²) in [5.41, 5.74) is 1.79. The molecule has 0 spiro atoms. The van der Waals surface area contributed by atoms with E-state index in [2.05, 4.69) is 10.3 Å². The summed E-state index contributed by atoms with van der Waals surface area (Å²) < 4.78 is 0. The van der Waals surface area contributed by atoms with Gasteiger partial charge in [0.2, 0.25) is 6.41 Å². The van der Waals surface area contributed by atoms with Gasteiger partial charge >= 0.3 is 0 Å². The molecule has 3 rings (SSSR count). The number of nitrogens with zero attached hydrogens (tertiary/aromatic N) is 1. The Hall–Kier alpha value is -2.75. The first kappa shape index (κ1) is 14.2. The highest BCUT2D eigenvalue weighted by molar-refractivity contribution is 6.08. The van der Waals surface area contributed by atoms with Gasteiger partial charge in [0.1, 0.15) is 0 Å². The Morgan fingerprint density at radius 1 is 1.27 bits per heavy atom. The maximum atomic E-state index is 12.5. The highest BCUT2D eigenvalue weighted by atomic mass is 16.1. The molecular formula is C18H16N2O2. The van der Waals surface area contributed by atoms with Crippen molar-refractivity contribution in [2.24, 2.45) is 10.4 Å². The molecule has 1 aliphatic carbocycles. The van der Waals surface area contributed by atoms with Crippen LogP contribution in [0.2, 0.25) is 0 Å². The number of rotatable bonds is 3. The number of hydrogen-bond acceptors (Lipinski definition) is 3. The number of amides is 1. The summed E-state index contributed by atoms with van der Waals surface area (Å²) in [7, 11) is 0. The molecule has 2 aliphatic rings. The lowest BCUT2D eigenvalue weighted by atomic mass is 9.72. The number of carbonyl (C=O) groups is 2. The third-order valence-electron chi connectivity index (χ3n) is 4.03. The van der Waals surface area contributed by atoms with Crippen LogP contribution in [0.25, 0.3) is 5.57 Å². The minimum Gasteiger partial charge on any atom is -0.347 e. The van der Waals surface area contributed by atoms with Gasteiger partial charge in [0.25, 0.3) is 0 Å². The van der Waals surface area contributed by atoms with Crippen molar-refractivity contribution < 1.29 is 9.59 Å². The van der Waals surface area contributed by atoms with Crippen molar-refractivity contribution >= 4 is 29.7 Å². The third kappa shape index (κ3) is 2.33. The molecular weight excluding hydrogens is 276 g/mol. The molecule has 0 fully saturated rings. The fourth-order valence-electron chi connectivity index (χ4n) is 2.78. The molecule has 0 aromatic heterocycles. The van der Waals surface area contributed by atoms with E-state index in [1.165, 1.54) is 0 Å². The van der Waals surface area contributed by atoms with E-state index >= 15 is 0 Å². The monoisotopic (exact) mass is 292 g/mol. The lowest BCUT2D eigenvalue weighted by Crippen LogP contribution is -2.31. The van der Waals surface area contributed by atoms with Gasteiger partial charge in [0.05, 0.1) is 17.1 Å². The maximum Gasteiger partial charge on any atom is 0.207 e. The Morgan fingerprint density at radius 2 is 2.09 bits per heavy atom. The quantitative estimate of drug-likeness (QED) is 0.871. The highest BCUT2D eigenvalue weighted by Crippen LogP contribution is 2.43. The normalized spacial score (nSPS) is 26.1. The summed E-state index contributed by atoms with van der Waals surface area (Å²) in [4.78, 5) is 27.7. The Morgan fingerprint density at radius 3 is 2.86 bits per heavy atom. The zero-order chi connectivity index (χ0) is 15.6. The molecule has 22 heavy (non-hydrogen) atoms. The average Bonchev–Trinajstić information content (AvgIpc) is 2.71. The smallest absolute Gasteiger partial charge is 0.207 e. The van der Waals surface area contributed by atoms with E-state index in [9.17, 15) is 9.59 Å². The summed E-state index contributed by atoms with van der Waals surface area (Å²) in [5.74, 6) is 0.0165. The largest absolute Gasteiger partial charge is 0.347 e. The lowest BCUT2D eigenvalue weighted by molar-refractivity contribution is -0.118. The average molecular weight is 292 g/mol. The third-order valence-corrected chi connectivity index (χ3v) is 4.03. The van der Waals surface area contributed by atoms with Crippen LogP contribution in [-0.2, 0) is 9.59 Å². The summed E-state index contributed by atoms with van der Waals surface area (Å²) in [6, 6.07) is 7.34. The molecule has 1 amide bonds. The van der Waals surface area contributed by atoms with E-state index < -0.39 is 5.41 Å². The Bertz CT molecular complexity index is 743. The highest BCUT2D eigenvalue weighted by Gasteiger charge is 2.36. The van der Waals surface area contributed by atoms with Crippen LogP contribution in [0, 0.1) is 5.41 Å². The summed E-state index contributed by atoms with van der Waals surface area (Å²) in [5, 5.41) is 2.70. The van der Waals surface area contributed by atoms with Crippen molar-refractivity contribution in [1.29, 1.82) is 0 Å². The molecule has 1 aromatic rings. The second kappa shape index (κ2) is 5.56. The van der Waals surface area contributed by atoms with Crippen LogP contribution < -0.4 is 5.32 Å². The molecule has 0 bridgehead atoms. The fourth-order valence-corrected chi connectivity index (χ4v) is 2.78. The van der Waals surface area contributed by atoms with Crippen LogP contribution in [0.3, 0.4) is 0 Å². The Kier molecular flexibility index (Phi) is 3.59. The minimum absolute atomic E-state index is 0.0165. The van der Waals surface area contributed by atoms with Crippen molar-refractivity contribution in [2.75, 3.05) is 0 Å². The molecule has 2 atom stereocenters. The van der Waals surface area contributed by atoms with Gasteiger partial charge in [-0.1, -0.05) is 42.5 Å². The number of benzene rings is 1. The van der Waals surface area contributed by atoms with E-state index in [0.29, 0.717) is 6.41 Å². The van der Waals surface area contributed by atoms with Gasteiger partial charge in [-0.3, -0.25) is 14.6 Å². The second-order valence-corrected chi connectivity index (χ2v) is 5.47. The van der Waals surface area contributed by atoms with E-state index in [0.717, 1.165) is 16.8 Å². The standard InChI is InChI=1S/C18H16N2O2/c1-18(9-5-4-8-17(18)22)15-10-13(20-12-21)11-19-16-7-3-2-6-14(15)16/h2-13H,1H3,(H,20,21). The number of fused-ring (bicyclic) bond motifs is 1. The summed E-state index contributed by atoms with van der Waals surface area (Å²) in [6.45, 7) is 1.89. The number of carbonyl (C=O) groups excluding carboxylic acids is 2. The zero-order valence-electron chi connectivity index (χ0n) is 12.2. The molecule has 1 aromatic carbocycles. The van der Waals surface area contributed by atoms with E-state index in [-0.39, 0.29) is 11.8 Å². The number of para-hydroxylation sites is 1. The predicted molar refractivity (Wildman–Crippen MR) is 87.0 cm³/mol. The van der Waals surface area contributed by atoms with Crippen molar-refractivity contribution in [3.05, 3.63) is 60.2 Å². The number of nitrogens with one attached hydrogen (secondary N) is 1. The van der Waals surface area contributed by atoms with Crippen molar-refractivity contribution in [1.82, 2.24) is 5.32 Å². The molecule has 0 radical (unpaired) electrons. The number of ketones is 1. The van der Waals surface area contributed by atoms with Crippen LogP contribution in [0.15, 0.2) is 59.6 Å². The summed E-state index contributed by atoms with van der Waals surface area (Å²) in [6.07, 6.45) is 11.3. The van der Waals surface area contributed by atoms with Gasteiger partial charge in [-0.2, -0.15) is 0 Å². The van der Waals surface area contributed by atoms with Crippen LogP contribution in [-0.4, -0.2) is 24.4 Å². The van der Waals surface area contributed by atoms with Gasteiger partial charge in [-0.15, -0.1) is 0 Å².